The van der Waals surface area contributed by atoms with Crippen LogP contribution in [0.1, 0.15) is 36.5 Å². The predicted octanol–water partition coefficient (Wildman–Crippen LogP) is 3.89. The second kappa shape index (κ2) is 8.94. The number of halogens is 1. The fourth-order valence-electron chi connectivity index (χ4n) is 3.61. The molecule has 0 bridgehead atoms. The van der Waals surface area contributed by atoms with Crippen LogP contribution in [0.5, 0.6) is 17.2 Å². The first-order chi connectivity index (χ1) is 14.9. The van der Waals surface area contributed by atoms with Crippen LogP contribution in [0, 0.1) is 0 Å². The Kier molecular flexibility index (Phi) is 6.27. The molecule has 166 valence electrons. The number of amides is 1. The van der Waals surface area contributed by atoms with Crippen LogP contribution in [0.2, 0.25) is 5.02 Å². The van der Waals surface area contributed by atoms with Crippen molar-refractivity contribution in [2.45, 2.75) is 31.1 Å². The lowest BCUT2D eigenvalue weighted by Crippen LogP contribution is -2.35. The fraction of sp³-hybridized carbons (Fsp3) is 0.381. The molecule has 8 nitrogen and oxygen atoms in total. The number of anilines is 1. The monoisotopic (exact) mass is 466 g/mol. The van der Waals surface area contributed by atoms with Crippen molar-refractivity contribution in [3.63, 3.8) is 0 Å². The molecule has 0 saturated carbocycles. The summed E-state index contributed by atoms with van der Waals surface area (Å²) in [6.07, 6.45) is 2.66. The zero-order valence-corrected chi connectivity index (χ0v) is 18.6. The van der Waals surface area contributed by atoms with Crippen molar-refractivity contribution in [2.24, 2.45) is 0 Å². The Labute approximate surface area is 186 Å². The molecule has 0 spiro atoms. The van der Waals surface area contributed by atoms with Crippen LogP contribution in [0.3, 0.4) is 0 Å². The summed E-state index contributed by atoms with van der Waals surface area (Å²) in [4.78, 5) is 12.8. The topological polar surface area (TPSA) is 94.2 Å². The molecule has 1 fully saturated rings. The number of benzene rings is 2. The van der Waals surface area contributed by atoms with E-state index in [0.29, 0.717) is 36.9 Å². The maximum Gasteiger partial charge on any atom is 0.255 e. The highest BCUT2D eigenvalue weighted by Crippen LogP contribution is 2.40. The van der Waals surface area contributed by atoms with Crippen LogP contribution in [-0.2, 0) is 10.0 Å². The lowest BCUT2D eigenvalue weighted by molar-refractivity contribution is 0.102. The number of piperidine rings is 1. The van der Waals surface area contributed by atoms with E-state index in [1.54, 1.807) is 19.1 Å². The summed E-state index contributed by atoms with van der Waals surface area (Å²) >= 11 is 6.16. The highest BCUT2D eigenvalue weighted by atomic mass is 35.5. The van der Waals surface area contributed by atoms with Crippen molar-refractivity contribution < 1.29 is 27.4 Å². The van der Waals surface area contributed by atoms with Crippen LogP contribution in [-0.4, -0.2) is 45.1 Å². The second-order valence-electron chi connectivity index (χ2n) is 7.21. The third-order valence-electron chi connectivity index (χ3n) is 5.12. The number of fused-ring (bicyclic) bond motifs is 1. The molecule has 2 aromatic carbocycles. The number of hydrogen-bond donors (Lipinski definition) is 1. The molecule has 1 saturated heterocycles. The van der Waals surface area contributed by atoms with Gasteiger partial charge in [0.2, 0.25) is 16.8 Å². The van der Waals surface area contributed by atoms with Gasteiger partial charge in [-0.25, -0.2) is 8.42 Å². The van der Waals surface area contributed by atoms with E-state index in [-0.39, 0.29) is 28.0 Å². The third kappa shape index (κ3) is 4.44. The number of ether oxygens (including phenoxy) is 3. The minimum absolute atomic E-state index is 0.0384. The number of nitrogens with zero attached hydrogens (tertiary/aromatic N) is 1. The van der Waals surface area contributed by atoms with E-state index in [4.69, 9.17) is 25.8 Å². The molecule has 2 heterocycles. The smallest absolute Gasteiger partial charge is 0.255 e. The maximum atomic E-state index is 13.2. The average molecular weight is 467 g/mol. The SMILES string of the molecule is CCOc1ccc(NC(=O)c2cc(Cl)c3c(c2)OCO3)cc1S(=O)(=O)N1CCCCC1. The Morgan fingerprint density at radius 2 is 1.94 bits per heavy atom. The first-order valence-corrected chi connectivity index (χ1v) is 11.9. The molecule has 2 aliphatic rings. The van der Waals surface area contributed by atoms with Crippen LogP contribution >= 0.6 is 11.6 Å². The van der Waals surface area contributed by atoms with Gasteiger partial charge < -0.3 is 19.5 Å². The summed E-state index contributed by atoms with van der Waals surface area (Å²) in [5.41, 5.74) is 0.599. The molecule has 2 aromatic rings. The average Bonchev–Trinajstić information content (AvgIpc) is 3.25. The maximum absolute atomic E-state index is 13.2. The molecule has 4 rings (SSSR count). The molecule has 0 unspecified atom stereocenters. The summed E-state index contributed by atoms with van der Waals surface area (Å²) in [5.74, 6) is 0.592. The summed E-state index contributed by atoms with van der Waals surface area (Å²) in [5, 5.41) is 2.99. The summed E-state index contributed by atoms with van der Waals surface area (Å²) < 4.78 is 44.1. The molecule has 31 heavy (non-hydrogen) atoms. The zero-order chi connectivity index (χ0) is 22.0. The Bertz CT molecular complexity index is 1100. The Balaban J connectivity index is 1.63. The van der Waals surface area contributed by atoms with Gasteiger partial charge in [0.25, 0.3) is 5.91 Å². The van der Waals surface area contributed by atoms with Gasteiger partial charge in [0.05, 0.1) is 11.6 Å². The van der Waals surface area contributed by atoms with Crippen molar-refractivity contribution in [1.29, 1.82) is 0 Å². The van der Waals surface area contributed by atoms with E-state index < -0.39 is 15.9 Å². The van der Waals surface area contributed by atoms with E-state index in [0.717, 1.165) is 19.3 Å². The van der Waals surface area contributed by atoms with Crippen molar-refractivity contribution in [3.8, 4) is 17.2 Å². The van der Waals surface area contributed by atoms with Gasteiger partial charge in [-0.05, 0) is 50.1 Å². The molecule has 1 N–H and O–H groups in total. The Morgan fingerprint density at radius 3 is 2.68 bits per heavy atom. The van der Waals surface area contributed by atoms with E-state index in [1.165, 1.54) is 22.5 Å². The standard InChI is InChI=1S/C21H23ClN2O6S/c1-2-28-17-7-6-15(12-19(17)31(26,27)24-8-4-3-5-9-24)23-21(25)14-10-16(22)20-18(11-14)29-13-30-20/h6-7,10-12H,2-5,8-9,13H2,1H3,(H,23,25). The molecular formula is C21H23ClN2O6S. The van der Waals surface area contributed by atoms with Gasteiger partial charge in [-0.1, -0.05) is 18.0 Å². The number of nitrogens with one attached hydrogen (secondary N) is 1. The molecule has 1 amide bonds. The van der Waals surface area contributed by atoms with E-state index in [9.17, 15) is 13.2 Å². The van der Waals surface area contributed by atoms with Gasteiger partial charge in [-0.15, -0.1) is 0 Å². The minimum Gasteiger partial charge on any atom is -0.492 e. The van der Waals surface area contributed by atoms with Gasteiger partial charge in [-0.3, -0.25) is 4.79 Å². The van der Waals surface area contributed by atoms with Gasteiger partial charge in [-0.2, -0.15) is 4.31 Å². The number of sulfonamides is 1. The minimum atomic E-state index is -3.75. The van der Waals surface area contributed by atoms with Gasteiger partial charge in [0.1, 0.15) is 10.6 Å². The van der Waals surface area contributed by atoms with Crippen LogP contribution in [0.25, 0.3) is 0 Å². The Hall–Kier alpha value is -2.49. The van der Waals surface area contributed by atoms with Crippen molar-refractivity contribution >= 4 is 33.2 Å². The number of carbonyl (C=O) groups excluding carboxylic acids is 1. The lowest BCUT2D eigenvalue weighted by atomic mass is 10.2. The normalized spacial score (nSPS) is 16.2. The largest absolute Gasteiger partial charge is 0.492 e. The van der Waals surface area contributed by atoms with Crippen LogP contribution in [0.4, 0.5) is 5.69 Å². The third-order valence-corrected chi connectivity index (χ3v) is 7.32. The van der Waals surface area contributed by atoms with E-state index in [1.807, 2.05) is 0 Å². The van der Waals surface area contributed by atoms with Crippen molar-refractivity contribution in [1.82, 2.24) is 4.31 Å². The summed E-state index contributed by atoms with van der Waals surface area (Å²) in [7, 11) is -3.75. The van der Waals surface area contributed by atoms with Crippen molar-refractivity contribution in [3.05, 3.63) is 40.9 Å². The molecule has 0 radical (unpaired) electrons. The summed E-state index contributed by atoms with van der Waals surface area (Å²) in [6.45, 7) is 3.09. The number of carbonyl (C=O) groups is 1. The summed E-state index contributed by atoms with van der Waals surface area (Å²) in [6, 6.07) is 7.60. The quantitative estimate of drug-likeness (QED) is 0.694. The molecule has 10 heteroatoms. The zero-order valence-electron chi connectivity index (χ0n) is 17.0. The number of rotatable bonds is 6. The first kappa shape index (κ1) is 21.7. The van der Waals surface area contributed by atoms with Crippen LogP contribution < -0.4 is 19.5 Å². The van der Waals surface area contributed by atoms with Crippen LogP contribution in [0.15, 0.2) is 35.2 Å². The predicted molar refractivity (Wildman–Crippen MR) is 116 cm³/mol. The van der Waals surface area contributed by atoms with E-state index in [2.05, 4.69) is 5.32 Å². The molecular weight excluding hydrogens is 444 g/mol. The molecule has 0 atom stereocenters. The van der Waals surface area contributed by atoms with E-state index >= 15 is 0 Å². The van der Waals surface area contributed by atoms with Gasteiger partial charge in [0.15, 0.2) is 11.5 Å². The highest BCUT2D eigenvalue weighted by molar-refractivity contribution is 7.89. The molecule has 2 aliphatic heterocycles. The first-order valence-electron chi connectivity index (χ1n) is 10.1. The molecule has 0 aromatic heterocycles. The lowest BCUT2D eigenvalue weighted by Gasteiger charge is -2.27. The van der Waals surface area contributed by atoms with Gasteiger partial charge >= 0.3 is 0 Å². The number of hydrogen-bond acceptors (Lipinski definition) is 6. The van der Waals surface area contributed by atoms with Crippen molar-refractivity contribution in [2.75, 3.05) is 31.8 Å². The second-order valence-corrected chi connectivity index (χ2v) is 9.52. The fourth-order valence-corrected chi connectivity index (χ4v) is 5.55. The Morgan fingerprint density at radius 1 is 1.16 bits per heavy atom. The van der Waals surface area contributed by atoms with Gasteiger partial charge in [0, 0.05) is 24.3 Å². The molecule has 0 aliphatic carbocycles. The highest BCUT2D eigenvalue weighted by Gasteiger charge is 2.29.